The summed E-state index contributed by atoms with van der Waals surface area (Å²) in [6.45, 7) is 16.1. The summed E-state index contributed by atoms with van der Waals surface area (Å²) in [4.78, 5) is 10.6. The van der Waals surface area contributed by atoms with Crippen LogP contribution in [0.5, 0.6) is 0 Å². The molecule has 1 aliphatic rings. The summed E-state index contributed by atoms with van der Waals surface area (Å²) in [6, 6.07) is 8.80. The first kappa shape index (κ1) is 26.3. The zero-order valence-electron chi connectivity index (χ0n) is 21.0. The van der Waals surface area contributed by atoms with Gasteiger partial charge in [-0.15, -0.1) is 0 Å². The molecule has 1 unspecified atom stereocenters. The Morgan fingerprint density at radius 1 is 0.969 bits per heavy atom. The van der Waals surface area contributed by atoms with Gasteiger partial charge in [-0.2, -0.15) is 0 Å². The Morgan fingerprint density at radius 3 is 2.09 bits per heavy atom. The summed E-state index contributed by atoms with van der Waals surface area (Å²) in [5.41, 5.74) is 2.01. The van der Waals surface area contributed by atoms with Crippen LogP contribution in [0, 0.1) is 10.8 Å². The first-order chi connectivity index (χ1) is 14.5. The second kappa shape index (κ2) is 9.50. The summed E-state index contributed by atoms with van der Waals surface area (Å²) in [6.07, 6.45) is 2.65. The summed E-state index contributed by atoms with van der Waals surface area (Å²) in [5.74, 6) is 0.869. The Morgan fingerprint density at radius 2 is 1.56 bits per heavy atom. The number of carbonyl (C=O) groups is 1. The van der Waals surface area contributed by atoms with Crippen LogP contribution >= 0.6 is 0 Å². The molecule has 0 bridgehead atoms. The molecule has 2 radical (unpaired) electrons. The number of benzene rings is 1. The summed E-state index contributed by atoms with van der Waals surface area (Å²) in [7, 11) is 6.25. The summed E-state index contributed by atoms with van der Waals surface area (Å²) < 4.78 is 15.7. The second-order valence-corrected chi connectivity index (χ2v) is 11.9. The first-order valence-corrected chi connectivity index (χ1v) is 11.2. The second-order valence-electron chi connectivity index (χ2n) is 11.9. The van der Waals surface area contributed by atoms with Crippen LogP contribution in [0.1, 0.15) is 79.4 Å². The van der Waals surface area contributed by atoms with Gasteiger partial charge < -0.3 is 19.3 Å². The van der Waals surface area contributed by atoms with Gasteiger partial charge in [0.2, 0.25) is 0 Å². The van der Waals surface area contributed by atoms with Crippen LogP contribution in [-0.2, 0) is 30.8 Å². The average molecular weight is 442 g/mol. The largest absolute Gasteiger partial charge is 0.460 e. The minimum absolute atomic E-state index is 0.0656. The third kappa shape index (κ3) is 7.30. The van der Waals surface area contributed by atoms with Gasteiger partial charge in [0.25, 0.3) is 6.47 Å². The predicted molar refractivity (Wildman–Crippen MR) is 127 cm³/mol. The standard InChI is InChI=1S/C26H39BO5/c1-23(2,15-26(7,8)27)13-18-9-11-19(12-10-18)24(3,4)16-25(5,6)21-20(14-30-17-28)31-22(29)32-21/h9-12,17,22,29H,13-16H2,1-8H3. The van der Waals surface area contributed by atoms with Gasteiger partial charge in [-0.25, -0.2) is 0 Å². The van der Waals surface area contributed by atoms with Crippen LogP contribution in [0.4, 0.5) is 0 Å². The monoisotopic (exact) mass is 442 g/mol. The van der Waals surface area contributed by atoms with E-state index in [2.05, 4.69) is 65.8 Å². The molecule has 0 saturated heterocycles. The van der Waals surface area contributed by atoms with Gasteiger partial charge in [0.15, 0.2) is 18.1 Å². The lowest BCUT2D eigenvalue weighted by Gasteiger charge is -2.36. The molecule has 2 rings (SSSR count). The van der Waals surface area contributed by atoms with Crippen molar-refractivity contribution in [3.8, 4) is 0 Å². The highest BCUT2D eigenvalue weighted by Gasteiger charge is 2.41. The molecule has 0 fully saturated rings. The van der Waals surface area contributed by atoms with E-state index in [-0.39, 0.29) is 22.8 Å². The van der Waals surface area contributed by atoms with Crippen molar-refractivity contribution in [2.45, 2.75) is 91.9 Å². The average Bonchev–Trinajstić information content (AvgIpc) is 2.98. The lowest BCUT2D eigenvalue weighted by molar-refractivity contribution is -0.200. The molecule has 1 atom stereocenters. The number of carbonyl (C=O) groups excluding carboxylic acids is 1. The number of aliphatic hydroxyl groups is 1. The first-order valence-electron chi connectivity index (χ1n) is 11.2. The van der Waals surface area contributed by atoms with Crippen molar-refractivity contribution in [3.05, 3.63) is 46.9 Å². The molecule has 1 heterocycles. The van der Waals surface area contributed by atoms with E-state index in [0.29, 0.717) is 18.0 Å². The molecular weight excluding hydrogens is 403 g/mol. The van der Waals surface area contributed by atoms with Crippen molar-refractivity contribution in [2.75, 3.05) is 6.61 Å². The Labute approximate surface area is 194 Å². The third-order valence-electron chi connectivity index (χ3n) is 5.85. The molecule has 0 saturated carbocycles. The Balaban J connectivity index is 2.16. The van der Waals surface area contributed by atoms with E-state index in [0.717, 1.165) is 19.3 Å². The minimum Gasteiger partial charge on any atom is -0.460 e. The van der Waals surface area contributed by atoms with Gasteiger partial charge in [0.05, 0.1) is 7.85 Å². The van der Waals surface area contributed by atoms with Crippen molar-refractivity contribution in [2.24, 2.45) is 10.8 Å². The van der Waals surface area contributed by atoms with Crippen molar-refractivity contribution >= 4 is 14.3 Å². The topological polar surface area (TPSA) is 65.0 Å². The number of aliphatic hydroxyl groups excluding tert-OH is 1. The van der Waals surface area contributed by atoms with E-state index in [4.69, 9.17) is 22.1 Å². The fourth-order valence-corrected chi connectivity index (χ4v) is 5.32. The molecule has 1 aromatic carbocycles. The number of allylic oxidation sites excluding steroid dienone is 1. The smallest absolute Gasteiger partial charge is 0.358 e. The molecule has 32 heavy (non-hydrogen) atoms. The van der Waals surface area contributed by atoms with Crippen molar-refractivity contribution in [1.82, 2.24) is 0 Å². The molecule has 6 heteroatoms. The van der Waals surface area contributed by atoms with E-state index in [1.165, 1.54) is 11.1 Å². The molecule has 1 N–H and O–H groups in total. The van der Waals surface area contributed by atoms with Crippen LogP contribution in [0.15, 0.2) is 35.8 Å². The van der Waals surface area contributed by atoms with Crippen molar-refractivity contribution in [3.63, 3.8) is 0 Å². The maximum atomic E-state index is 10.6. The van der Waals surface area contributed by atoms with Gasteiger partial charge in [-0.3, -0.25) is 4.79 Å². The molecule has 5 nitrogen and oxygen atoms in total. The molecule has 1 aliphatic heterocycles. The fraction of sp³-hybridized carbons (Fsp3) is 0.654. The van der Waals surface area contributed by atoms with E-state index in [1.54, 1.807) is 0 Å². The minimum atomic E-state index is -1.38. The zero-order valence-corrected chi connectivity index (χ0v) is 21.0. The predicted octanol–water partition coefficient (Wildman–Crippen LogP) is 5.41. The number of hydrogen-bond acceptors (Lipinski definition) is 5. The third-order valence-corrected chi connectivity index (χ3v) is 5.85. The van der Waals surface area contributed by atoms with E-state index >= 15 is 0 Å². The van der Waals surface area contributed by atoms with Gasteiger partial charge in [-0.05, 0) is 34.8 Å². The highest BCUT2D eigenvalue weighted by atomic mass is 16.8. The normalized spacial score (nSPS) is 17.7. The molecule has 0 spiro atoms. The molecule has 0 aromatic heterocycles. The molecule has 1 aromatic rings. The van der Waals surface area contributed by atoms with Crippen LogP contribution in [0.2, 0.25) is 5.31 Å². The van der Waals surface area contributed by atoms with Gasteiger partial charge in [-0.1, -0.05) is 91.4 Å². The van der Waals surface area contributed by atoms with Crippen molar-refractivity contribution < 1.29 is 24.1 Å². The van der Waals surface area contributed by atoms with Crippen LogP contribution in [0.25, 0.3) is 0 Å². The van der Waals surface area contributed by atoms with E-state index < -0.39 is 11.9 Å². The molecule has 0 aliphatic carbocycles. The Bertz CT molecular complexity index is 816. The lowest BCUT2D eigenvalue weighted by atomic mass is 9.62. The lowest BCUT2D eigenvalue weighted by Crippen LogP contribution is -2.29. The van der Waals surface area contributed by atoms with Gasteiger partial charge >= 0.3 is 6.48 Å². The summed E-state index contributed by atoms with van der Waals surface area (Å²) >= 11 is 0. The van der Waals surface area contributed by atoms with Crippen LogP contribution in [-0.4, -0.2) is 32.5 Å². The van der Waals surface area contributed by atoms with Crippen LogP contribution < -0.4 is 0 Å². The van der Waals surface area contributed by atoms with E-state index in [1.807, 2.05) is 13.8 Å². The molecule has 176 valence electrons. The van der Waals surface area contributed by atoms with Crippen LogP contribution in [0.3, 0.4) is 0 Å². The maximum absolute atomic E-state index is 10.6. The van der Waals surface area contributed by atoms with Crippen molar-refractivity contribution in [1.29, 1.82) is 0 Å². The highest BCUT2D eigenvalue weighted by molar-refractivity contribution is 6.14. The SMILES string of the molecule is [B]C(C)(C)CC(C)(C)Cc1ccc(C(C)(C)CC(C)(C)C2=C(COC=O)OC(O)O2)cc1. The fourth-order valence-electron chi connectivity index (χ4n) is 5.32. The highest BCUT2D eigenvalue weighted by Crippen LogP contribution is 2.45. The molecular formula is C26H39BO5. The Hall–Kier alpha value is -1.95. The summed E-state index contributed by atoms with van der Waals surface area (Å²) in [5, 5.41) is 9.61. The number of hydrogen-bond donors (Lipinski definition) is 1. The number of ether oxygens (including phenoxy) is 3. The quantitative estimate of drug-likeness (QED) is 0.367. The maximum Gasteiger partial charge on any atom is 0.358 e. The van der Waals surface area contributed by atoms with Gasteiger partial charge in [0, 0.05) is 5.41 Å². The zero-order chi connectivity index (χ0) is 24.4. The van der Waals surface area contributed by atoms with Gasteiger partial charge in [0.1, 0.15) is 0 Å². The molecule has 0 amide bonds. The number of rotatable bonds is 11. The van der Waals surface area contributed by atoms with E-state index in [9.17, 15) is 9.90 Å². The Kier molecular flexibility index (Phi) is 7.81.